The minimum absolute atomic E-state index is 0.382. The number of para-hydroxylation sites is 1. The number of hydrogen-bond donors (Lipinski definition) is 2. The van der Waals surface area contributed by atoms with Gasteiger partial charge in [0.1, 0.15) is 0 Å². The zero-order valence-corrected chi connectivity index (χ0v) is 8.44. The molecule has 3 N–H and O–H groups in total. The average Bonchev–Trinajstić information content (AvgIpc) is 2.15. The quantitative estimate of drug-likeness (QED) is 0.548. The van der Waals surface area contributed by atoms with Crippen molar-refractivity contribution >= 4 is 5.69 Å². The van der Waals surface area contributed by atoms with Crippen molar-refractivity contribution in [2.75, 3.05) is 18.9 Å². The van der Waals surface area contributed by atoms with Crippen molar-refractivity contribution in [2.45, 2.75) is 19.4 Å². The number of nitrogen functional groups attached to an aromatic ring is 1. The molecule has 0 aliphatic rings. The Morgan fingerprint density at radius 1 is 1.43 bits per heavy atom. The van der Waals surface area contributed by atoms with Gasteiger partial charge in [0.05, 0.1) is 19.3 Å². The Morgan fingerprint density at radius 2 is 2.14 bits per heavy atom. The maximum atomic E-state index is 8.95. The third kappa shape index (κ3) is 3.77. The van der Waals surface area contributed by atoms with Crippen LogP contribution in [-0.2, 0) is 11.2 Å². The lowest BCUT2D eigenvalue weighted by atomic mass is 10.1. The third-order valence-electron chi connectivity index (χ3n) is 1.93. The zero-order valence-electron chi connectivity index (χ0n) is 8.44. The number of aliphatic hydroxyl groups is 1. The topological polar surface area (TPSA) is 55.5 Å². The molecule has 0 saturated heterocycles. The van der Waals surface area contributed by atoms with Gasteiger partial charge < -0.3 is 15.6 Å². The summed E-state index contributed by atoms with van der Waals surface area (Å²) in [6.45, 7) is 2.68. The second kappa shape index (κ2) is 5.62. The summed E-state index contributed by atoms with van der Waals surface area (Å²) < 4.78 is 5.25. The Morgan fingerprint density at radius 3 is 2.79 bits per heavy atom. The van der Waals surface area contributed by atoms with Crippen LogP contribution >= 0.6 is 0 Å². The molecule has 0 radical (unpaired) electrons. The SMILES string of the molecule is CC(O)COCCc1ccccc1N. The van der Waals surface area contributed by atoms with Crippen LogP contribution in [0.4, 0.5) is 5.69 Å². The van der Waals surface area contributed by atoms with Crippen LogP contribution < -0.4 is 5.73 Å². The molecular weight excluding hydrogens is 178 g/mol. The second-order valence-corrected chi connectivity index (χ2v) is 3.37. The Hall–Kier alpha value is -1.06. The number of rotatable bonds is 5. The summed E-state index contributed by atoms with van der Waals surface area (Å²) in [7, 11) is 0. The predicted molar refractivity (Wildman–Crippen MR) is 57.1 cm³/mol. The number of anilines is 1. The normalized spacial score (nSPS) is 12.7. The first kappa shape index (κ1) is 11.0. The van der Waals surface area contributed by atoms with E-state index in [0.717, 1.165) is 17.7 Å². The summed E-state index contributed by atoms with van der Waals surface area (Å²) in [4.78, 5) is 0. The highest BCUT2D eigenvalue weighted by Crippen LogP contribution is 2.10. The van der Waals surface area contributed by atoms with E-state index in [1.165, 1.54) is 0 Å². The molecule has 3 heteroatoms. The van der Waals surface area contributed by atoms with E-state index >= 15 is 0 Å². The first-order valence-corrected chi connectivity index (χ1v) is 4.79. The van der Waals surface area contributed by atoms with Gasteiger partial charge in [0.25, 0.3) is 0 Å². The van der Waals surface area contributed by atoms with Crippen LogP contribution in [0.1, 0.15) is 12.5 Å². The van der Waals surface area contributed by atoms with Crippen LogP contribution in [0.15, 0.2) is 24.3 Å². The molecule has 0 spiro atoms. The van der Waals surface area contributed by atoms with E-state index in [1.54, 1.807) is 6.92 Å². The molecule has 3 nitrogen and oxygen atoms in total. The highest BCUT2D eigenvalue weighted by molar-refractivity contribution is 5.46. The van der Waals surface area contributed by atoms with Crippen molar-refractivity contribution in [2.24, 2.45) is 0 Å². The number of aliphatic hydroxyl groups excluding tert-OH is 1. The molecule has 1 atom stereocenters. The van der Waals surface area contributed by atoms with Crippen LogP contribution in [0.5, 0.6) is 0 Å². The van der Waals surface area contributed by atoms with Crippen molar-refractivity contribution in [3.05, 3.63) is 29.8 Å². The molecule has 1 aromatic carbocycles. The summed E-state index contributed by atoms with van der Waals surface area (Å²) in [5.74, 6) is 0. The standard InChI is InChI=1S/C11H17NO2/c1-9(13)8-14-7-6-10-4-2-3-5-11(10)12/h2-5,9,13H,6-8,12H2,1H3. The molecule has 0 aliphatic heterocycles. The van der Waals surface area contributed by atoms with Gasteiger partial charge in [0, 0.05) is 5.69 Å². The highest BCUT2D eigenvalue weighted by atomic mass is 16.5. The van der Waals surface area contributed by atoms with E-state index in [-0.39, 0.29) is 0 Å². The van der Waals surface area contributed by atoms with Crippen LogP contribution in [-0.4, -0.2) is 24.4 Å². The molecule has 0 bridgehead atoms. The van der Waals surface area contributed by atoms with Gasteiger partial charge in [-0.15, -0.1) is 0 Å². The molecule has 0 saturated carbocycles. The fourth-order valence-electron chi connectivity index (χ4n) is 1.20. The number of benzene rings is 1. The molecule has 1 unspecified atom stereocenters. The van der Waals surface area contributed by atoms with Crippen molar-refractivity contribution in [3.63, 3.8) is 0 Å². The lowest BCUT2D eigenvalue weighted by Gasteiger charge is -2.07. The molecule has 1 aromatic rings. The van der Waals surface area contributed by atoms with E-state index < -0.39 is 6.10 Å². The highest BCUT2D eigenvalue weighted by Gasteiger charge is 1.99. The van der Waals surface area contributed by atoms with Gasteiger partial charge in [-0.1, -0.05) is 18.2 Å². The molecule has 0 fully saturated rings. The van der Waals surface area contributed by atoms with Crippen molar-refractivity contribution in [1.82, 2.24) is 0 Å². The van der Waals surface area contributed by atoms with E-state index in [4.69, 9.17) is 15.6 Å². The molecule has 0 aliphatic carbocycles. The Bertz CT molecular complexity index is 274. The van der Waals surface area contributed by atoms with Gasteiger partial charge in [0.15, 0.2) is 0 Å². The number of ether oxygens (including phenoxy) is 1. The van der Waals surface area contributed by atoms with Crippen LogP contribution in [0, 0.1) is 0 Å². The zero-order chi connectivity index (χ0) is 10.4. The predicted octanol–water partition coefficient (Wildman–Crippen LogP) is 1.21. The van der Waals surface area contributed by atoms with Gasteiger partial charge >= 0.3 is 0 Å². The van der Waals surface area contributed by atoms with E-state index in [0.29, 0.717) is 13.2 Å². The van der Waals surface area contributed by atoms with E-state index in [1.807, 2.05) is 24.3 Å². The molecule has 1 rings (SSSR count). The smallest absolute Gasteiger partial charge is 0.0745 e. The Labute approximate surface area is 84.5 Å². The van der Waals surface area contributed by atoms with Crippen LogP contribution in [0.2, 0.25) is 0 Å². The summed E-state index contributed by atoms with van der Waals surface area (Å²) in [6.07, 6.45) is 0.391. The molecule has 14 heavy (non-hydrogen) atoms. The van der Waals surface area contributed by atoms with Crippen molar-refractivity contribution in [1.29, 1.82) is 0 Å². The fraction of sp³-hybridized carbons (Fsp3) is 0.455. The Kier molecular flexibility index (Phi) is 4.43. The summed E-state index contributed by atoms with van der Waals surface area (Å²) in [5.41, 5.74) is 7.65. The minimum atomic E-state index is -0.400. The van der Waals surface area contributed by atoms with E-state index in [9.17, 15) is 0 Å². The first-order valence-electron chi connectivity index (χ1n) is 4.79. The van der Waals surface area contributed by atoms with Gasteiger partial charge in [-0.25, -0.2) is 0 Å². The second-order valence-electron chi connectivity index (χ2n) is 3.37. The summed E-state index contributed by atoms with van der Waals surface area (Å²) >= 11 is 0. The molecule has 0 heterocycles. The van der Waals surface area contributed by atoms with Gasteiger partial charge in [0.2, 0.25) is 0 Å². The van der Waals surface area contributed by atoms with Crippen LogP contribution in [0.3, 0.4) is 0 Å². The minimum Gasteiger partial charge on any atom is -0.399 e. The first-order chi connectivity index (χ1) is 6.70. The largest absolute Gasteiger partial charge is 0.399 e. The Balaban J connectivity index is 2.28. The lowest BCUT2D eigenvalue weighted by Crippen LogP contribution is -2.12. The van der Waals surface area contributed by atoms with Gasteiger partial charge in [-0.3, -0.25) is 0 Å². The molecule has 78 valence electrons. The van der Waals surface area contributed by atoms with Crippen molar-refractivity contribution in [3.8, 4) is 0 Å². The summed E-state index contributed by atoms with van der Waals surface area (Å²) in [6, 6.07) is 7.74. The summed E-state index contributed by atoms with van der Waals surface area (Å²) in [5, 5.41) is 8.95. The van der Waals surface area contributed by atoms with Crippen LogP contribution in [0.25, 0.3) is 0 Å². The number of hydrogen-bond acceptors (Lipinski definition) is 3. The third-order valence-corrected chi connectivity index (χ3v) is 1.93. The van der Waals surface area contributed by atoms with Gasteiger partial charge in [-0.05, 0) is 25.0 Å². The average molecular weight is 195 g/mol. The molecule has 0 amide bonds. The van der Waals surface area contributed by atoms with Gasteiger partial charge in [-0.2, -0.15) is 0 Å². The lowest BCUT2D eigenvalue weighted by molar-refractivity contribution is 0.0478. The maximum absolute atomic E-state index is 8.95. The van der Waals surface area contributed by atoms with E-state index in [2.05, 4.69) is 0 Å². The maximum Gasteiger partial charge on any atom is 0.0745 e. The fourth-order valence-corrected chi connectivity index (χ4v) is 1.20. The number of nitrogens with two attached hydrogens (primary N) is 1. The molecular formula is C11H17NO2. The monoisotopic (exact) mass is 195 g/mol. The molecule has 0 aromatic heterocycles. The van der Waals surface area contributed by atoms with Crippen molar-refractivity contribution < 1.29 is 9.84 Å².